The molecule has 1 aromatic carbocycles. The molecule has 0 bridgehead atoms. The Kier molecular flexibility index (Phi) is 2.04. The van der Waals surface area contributed by atoms with Crippen molar-refractivity contribution in [2.45, 2.75) is 24.0 Å². The third kappa shape index (κ3) is 1.51. The molecule has 0 radical (unpaired) electrons. The molecule has 2 unspecified atom stereocenters. The Morgan fingerprint density at radius 3 is 2.73 bits per heavy atom. The molecular weight excluding hydrogens is 195 g/mol. The topological polar surface area (TPSA) is 0 Å². The molecule has 0 aliphatic heterocycles. The van der Waals surface area contributed by atoms with Gasteiger partial charge in [0, 0.05) is 0 Å². The van der Waals surface area contributed by atoms with Crippen molar-refractivity contribution < 1.29 is 0 Å². The van der Waals surface area contributed by atoms with E-state index in [0.29, 0.717) is 0 Å². The summed E-state index contributed by atoms with van der Waals surface area (Å²) in [5, 5.41) is 0. The number of benzene rings is 1. The monoisotopic (exact) mass is 208 g/mol. The SMILES string of the molecule is [AsH2]C1CCc2ccccc2C1. The van der Waals surface area contributed by atoms with Gasteiger partial charge in [0.05, 0.1) is 0 Å². The first-order valence-electron chi connectivity index (χ1n) is 4.18. The third-order valence-corrected chi connectivity index (χ3v) is 3.58. The zero-order valence-electron chi connectivity index (χ0n) is 6.59. The Hall–Kier alpha value is -0.222. The number of aryl methyl sites for hydroxylation is 1. The molecule has 1 aliphatic rings. The summed E-state index contributed by atoms with van der Waals surface area (Å²) in [5.41, 5.74) is 3.18. The van der Waals surface area contributed by atoms with Gasteiger partial charge >= 0.3 is 76.2 Å². The van der Waals surface area contributed by atoms with Crippen LogP contribution in [0.5, 0.6) is 0 Å². The van der Waals surface area contributed by atoms with Gasteiger partial charge in [-0.1, -0.05) is 0 Å². The van der Waals surface area contributed by atoms with E-state index < -0.39 is 0 Å². The predicted octanol–water partition coefficient (Wildman–Crippen LogP) is 1.60. The molecule has 0 nitrogen and oxygen atoms in total. The van der Waals surface area contributed by atoms with Crippen LogP contribution < -0.4 is 0 Å². The van der Waals surface area contributed by atoms with Crippen LogP contribution in [0, 0.1) is 0 Å². The molecule has 0 heterocycles. The molecule has 0 saturated carbocycles. The van der Waals surface area contributed by atoms with Gasteiger partial charge in [0.25, 0.3) is 0 Å². The third-order valence-electron chi connectivity index (χ3n) is 2.38. The molecule has 2 rings (SSSR count). The van der Waals surface area contributed by atoms with Gasteiger partial charge in [0.15, 0.2) is 0 Å². The van der Waals surface area contributed by atoms with E-state index in [1.807, 2.05) is 16.9 Å². The van der Waals surface area contributed by atoms with Crippen molar-refractivity contribution in [1.29, 1.82) is 0 Å². The zero-order chi connectivity index (χ0) is 7.68. The molecule has 0 N–H and O–H groups in total. The number of hydrogen-bond donors (Lipinski definition) is 0. The van der Waals surface area contributed by atoms with E-state index in [1.54, 1.807) is 11.1 Å². The molecule has 2 atom stereocenters. The second kappa shape index (κ2) is 3.03. The predicted molar refractivity (Wildman–Crippen MR) is 50.8 cm³/mol. The minimum absolute atomic E-state index is 0.956. The number of fused-ring (bicyclic) bond motifs is 1. The van der Waals surface area contributed by atoms with Crippen molar-refractivity contribution in [3.05, 3.63) is 35.4 Å². The van der Waals surface area contributed by atoms with Crippen molar-refractivity contribution in [3.63, 3.8) is 0 Å². The van der Waals surface area contributed by atoms with Gasteiger partial charge < -0.3 is 0 Å². The normalized spacial score (nSPS) is 22.8. The van der Waals surface area contributed by atoms with E-state index in [1.165, 1.54) is 19.3 Å². The van der Waals surface area contributed by atoms with Crippen LogP contribution in [0.15, 0.2) is 24.3 Å². The molecule has 0 spiro atoms. The fourth-order valence-corrected chi connectivity index (χ4v) is 2.61. The summed E-state index contributed by atoms with van der Waals surface area (Å²) >= 11 is 1.90. The molecule has 11 heavy (non-hydrogen) atoms. The first-order chi connectivity index (χ1) is 5.36. The maximum absolute atomic E-state index is 2.28. The molecule has 1 aliphatic carbocycles. The number of rotatable bonds is 0. The van der Waals surface area contributed by atoms with Crippen LogP contribution in [0.3, 0.4) is 0 Å². The molecule has 0 fully saturated rings. The summed E-state index contributed by atoms with van der Waals surface area (Å²) in [6.45, 7) is 0. The van der Waals surface area contributed by atoms with E-state index in [-0.39, 0.29) is 0 Å². The molecule has 0 saturated heterocycles. The molecule has 0 amide bonds. The first kappa shape index (κ1) is 7.43. The van der Waals surface area contributed by atoms with Crippen LogP contribution in [0.4, 0.5) is 0 Å². The fraction of sp³-hybridized carbons (Fsp3) is 0.400. The first-order valence-corrected chi connectivity index (χ1v) is 5.58. The van der Waals surface area contributed by atoms with E-state index in [0.717, 1.165) is 4.71 Å². The average molecular weight is 208 g/mol. The van der Waals surface area contributed by atoms with Gasteiger partial charge in [-0.15, -0.1) is 0 Å². The minimum atomic E-state index is 0.956. The van der Waals surface area contributed by atoms with Crippen LogP contribution in [0.1, 0.15) is 17.5 Å². The van der Waals surface area contributed by atoms with E-state index in [9.17, 15) is 0 Å². The average Bonchev–Trinajstić information content (AvgIpc) is 2.04. The second-order valence-corrected chi connectivity index (χ2v) is 5.25. The summed E-state index contributed by atoms with van der Waals surface area (Å²) < 4.78 is 0.956. The summed E-state index contributed by atoms with van der Waals surface area (Å²) in [5.74, 6) is 0. The Bertz CT molecular complexity index is 255. The zero-order valence-corrected chi connectivity index (χ0v) is 9.01. The maximum atomic E-state index is 2.28. The van der Waals surface area contributed by atoms with Crippen LogP contribution in [-0.2, 0) is 12.8 Å². The number of hydrogen-bond acceptors (Lipinski definition) is 0. The molecule has 1 aromatic rings. The van der Waals surface area contributed by atoms with E-state index in [2.05, 4.69) is 24.3 Å². The van der Waals surface area contributed by atoms with Crippen LogP contribution in [0.25, 0.3) is 0 Å². The van der Waals surface area contributed by atoms with Crippen molar-refractivity contribution in [1.82, 2.24) is 0 Å². The van der Waals surface area contributed by atoms with Crippen molar-refractivity contribution in [2.24, 2.45) is 0 Å². The molecule has 58 valence electrons. The van der Waals surface area contributed by atoms with Crippen molar-refractivity contribution >= 4 is 16.9 Å². The van der Waals surface area contributed by atoms with Gasteiger partial charge in [0.1, 0.15) is 0 Å². The van der Waals surface area contributed by atoms with Crippen LogP contribution in [-0.4, -0.2) is 16.9 Å². The Morgan fingerprint density at radius 2 is 1.91 bits per heavy atom. The molecule has 0 aromatic heterocycles. The summed E-state index contributed by atoms with van der Waals surface area (Å²) in [6, 6.07) is 8.86. The Labute approximate surface area is 76.5 Å². The van der Waals surface area contributed by atoms with Gasteiger partial charge in [0.2, 0.25) is 0 Å². The summed E-state index contributed by atoms with van der Waals surface area (Å²) in [7, 11) is 0. The second-order valence-electron chi connectivity index (χ2n) is 3.27. The van der Waals surface area contributed by atoms with E-state index >= 15 is 0 Å². The fourth-order valence-electron chi connectivity index (χ4n) is 1.73. The van der Waals surface area contributed by atoms with Crippen LogP contribution in [0.2, 0.25) is 4.71 Å². The molecular formula is C10H13As. The molecule has 1 heteroatoms. The Balaban J connectivity index is 2.34. The quantitative estimate of drug-likeness (QED) is 0.568. The summed E-state index contributed by atoms with van der Waals surface area (Å²) in [4.78, 5) is 0. The van der Waals surface area contributed by atoms with Crippen LogP contribution >= 0.6 is 0 Å². The van der Waals surface area contributed by atoms with E-state index in [4.69, 9.17) is 0 Å². The standard InChI is InChI=1S/C10H13As/c11-10-6-5-8-3-1-2-4-9(8)7-10/h1-4,10H,5-7,11H2. The van der Waals surface area contributed by atoms with Crippen molar-refractivity contribution in [3.8, 4) is 0 Å². The van der Waals surface area contributed by atoms with Gasteiger partial charge in [-0.05, 0) is 0 Å². The Morgan fingerprint density at radius 1 is 1.18 bits per heavy atom. The van der Waals surface area contributed by atoms with Gasteiger partial charge in [-0.2, -0.15) is 0 Å². The summed E-state index contributed by atoms with van der Waals surface area (Å²) in [6.07, 6.45) is 4.02. The van der Waals surface area contributed by atoms with Crippen molar-refractivity contribution in [2.75, 3.05) is 0 Å². The van der Waals surface area contributed by atoms with Gasteiger partial charge in [-0.25, -0.2) is 0 Å². The van der Waals surface area contributed by atoms with Gasteiger partial charge in [-0.3, -0.25) is 0 Å².